The molecule has 2 heterocycles. The van der Waals surface area contributed by atoms with Gasteiger partial charge < -0.3 is 5.32 Å². The lowest BCUT2D eigenvalue weighted by Crippen LogP contribution is -2.43. The van der Waals surface area contributed by atoms with Crippen molar-refractivity contribution >= 4 is 15.9 Å². The maximum atomic E-state index is 13.9. The van der Waals surface area contributed by atoms with Crippen molar-refractivity contribution in [3.05, 3.63) is 71.0 Å². The van der Waals surface area contributed by atoms with Crippen LogP contribution >= 0.6 is 0 Å². The lowest BCUT2D eigenvalue weighted by molar-refractivity contribution is -0.126. The molecule has 2 aromatic rings. The second kappa shape index (κ2) is 10.8. The monoisotopic (exact) mass is 473 g/mol. The summed E-state index contributed by atoms with van der Waals surface area (Å²) in [6, 6.07) is 14.3. The number of nitrogens with one attached hydrogen (secondary N) is 1. The molecular formula is C25H32FN3O3S. The number of amides is 1. The summed E-state index contributed by atoms with van der Waals surface area (Å²) >= 11 is 0. The molecule has 2 aromatic carbocycles. The maximum absolute atomic E-state index is 13.9. The summed E-state index contributed by atoms with van der Waals surface area (Å²) in [7, 11) is -3.62. The van der Waals surface area contributed by atoms with Gasteiger partial charge in [0.1, 0.15) is 5.82 Å². The minimum atomic E-state index is -3.62. The summed E-state index contributed by atoms with van der Waals surface area (Å²) in [4.78, 5) is 15.1. The molecule has 0 aromatic heterocycles. The molecule has 1 amide bonds. The second-order valence-electron chi connectivity index (χ2n) is 9.04. The molecule has 0 aliphatic carbocycles. The number of sulfonamides is 1. The number of halogens is 1. The zero-order valence-corrected chi connectivity index (χ0v) is 19.7. The van der Waals surface area contributed by atoms with E-state index in [1.165, 1.54) is 47.9 Å². The molecule has 178 valence electrons. The van der Waals surface area contributed by atoms with Gasteiger partial charge in [0.05, 0.1) is 5.75 Å². The first-order valence-corrected chi connectivity index (χ1v) is 13.3. The van der Waals surface area contributed by atoms with Crippen molar-refractivity contribution in [1.82, 2.24) is 14.5 Å². The van der Waals surface area contributed by atoms with Crippen molar-refractivity contribution in [2.45, 2.75) is 44.5 Å². The number of carbonyl (C=O) groups excluding carboxylic acids is 1. The molecule has 2 aliphatic rings. The van der Waals surface area contributed by atoms with Crippen molar-refractivity contribution in [2.24, 2.45) is 5.92 Å². The second-order valence-corrected chi connectivity index (χ2v) is 11.0. The summed E-state index contributed by atoms with van der Waals surface area (Å²) in [5.74, 6) is -1.12. The van der Waals surface area contributed by atoms with Crippen LogP contribution in [0.1, 0.15) is 42.4 Å². The molecule has 0 unspecified atom stereocenters. The number of rotatable bonds is 8. The standard InChI is InChI=1S/C25H32FN3O3S/c26-24-6-2-1-5-23(24)19-33(31,32)29-15-11-22(12-16-29)25(30)27-17-20-7-9-21(10-8-20)18-28-13-3-4-14-28/h1-2,5-10,22H,3-4,11-19H2,(H,27,30). The Labute approximate surface area is 195 Å². The van der Waals surface area contributed by atoms with Gasteiger partial charge in [-0.05, 0) is 56.0 Å². The van der Waals surface area contributed by atoms with Crippen molar-refractivity contribution in [3.8, 4) is 0 Å². The summed E-state index contributed by atoms with van der Waals surface area (Å²) in [5.41, 5.74) is 2.51. The van der Waals surface area contributed by atoms with Crippen LogP contribution in [0.4, 0.5) is 4.39 Å². The Morgan fingerprint density at radius 1 is 0.939 bits per heavy atom. The number of likely N-dealkylation sites (tertiary alicyclic amines) is 1. The third-order valence-electron chi connectivity index (χ3n) is 6.61. The summed E-state index contributed by atoms with van der Waals surface area (Å²) < 4.78 is 40.6. The SMILES string of the molecule is O=C(NCc1ccc(CN2CCCC2)cc1)C1CCN(S(=O)(=O)Cc2ccccc2F)CC1. The average molecular weight is 474 g/mol. The molecule has 2 aliphatic heterocycles. The first kappa shape index (κ1) is 23.9. The topological polar surface area (TPSA) is 69.7 Å². The van der Waals surface area contributed by atoms with Crippen LogP contribution < -0.4 is 5.32 Å². The van der Waals surface area contributed by atoms with Crippen LogP contribution in [0.25, 0.3) is 0 Å². The summed E-state index contributed by atoms with van der Waals surface area (Å²) in [6.07, 6.45) is 3.50. The number of hydrogen-bond donors (Lipinski definition) is 1. The predicted octanol–water partition coefficient (Wildman–Crippen LogP) is 3.28. The molecule has 0 spiro atoms. The number of piperidine rings is 1. The zero-order chi connectivity index (χ0) is 23.3. The van der Waals surface area contributed by atoms with Crippen LogP contribution in [-0.4, -0.2) is 49.7 Å². The quantitative estimate of drug-likeness (QED) is 0.639. The van der Waals surface area contributed by atoms with Gasteiger partial charge in [0.15, 0.2) is 0 Å². The molecular weight excluding hydrogens is 441 g/mol. The van der Waals surface area contributed by atoms with Crippen LogP contribution in [0.3, 0.4) is 0 Å². The molecule has 33 heavy (non-hydrogen) atoms. The largest absolute Gasteiger partial charge is 0.352 e. The van der Waals surface area contributed by atoms with Crippen molar-refractivity contribution in [1.29, 1.82) is 0 Å². The molecule has 0 saturated carbocycles. The Balaban J connectivity index is 1.22. The Morgan fingerprint density at radius 3 is 2.24 bits per heavy atom. The number of benzene rings is 2. The zero-order valence-electron chi connectivity index (χ0n) is 18.9. The smallest absolute Gasteiger partial charge is 0.223 e. The van der Waals surface area contributed by atoms with Crippen LogP contribution in [-0.2, 0) is 33.7 Å². The van der Waals surface area contributed by atoms with E-state index >= 15 is 0 Å². The van der Waals surface area contributed by atoms with Crippen molar-refractivity contribution in [2.75, 3.05) is 26.2 Å². The highest BCUT2D eigenvalue weighted by Gasteiger charge is 2.31. The number of hydrogen-bond acceptors (Lipinski definition) is 4. The normalized spacial score (nSPS) is 18.5. The van der Waals surface area contributed by atoms with Crippen LogP contribution in [0.2, 0.25) is 0 Å². The molecule has 8 heteroatoms. The third-order valence-corrected chi connectivity index (χ3v) is 8.44. The molecule has 0 bridgehead atoms. The summed E-state index contributed by atoms with van der Waals surface area (Å²) in [6.45, 7) is 4.34. The molecule has 6 nitrogen and oxygen atoms in total. The Morgan fingerprint density at radius 2 is 1.58 bits per heavy atom. The van der Waals surface area contributed by atoms with E-state index in [4.69, 9.17) is 0 Å². The van der Waals surface area contributed by atoms with E-state index in [0.717, 1.165) is 12.1 Å². The maximum Gasteiger partial charge on any atom is 0.223 e. The number of nitrogens with zero attached hydrogens (tertiary/aromatic N) is 2. The lowest BCUT2D eigenvalue weighted by Gasteiger charge is -2.30. The third kappa shape index (κ3) is 6.40. The van der Waals surface area contributed by atoms with Crippen LogP contribution in [0.5, 0.6) is 0 Å². The van der Waals surface area contributed by atoms with Gasteiger partial charge in [0, 0.05) is 37.7 Å². The van der Waals surface area contributed by atoms with E-state index in [1.54, 1.807) is 12.1 Å². The van der Waals surface area contributed by atoms with Gasteiger partial charge in [0.25, 0.3) is 0 Å². The average Bonchev–Trinajstić information content (AvgIpc) is 3.33. The van der Waals surface area contributed by atoms with Gasteiger partial charge in [-0.2, -0.15) is 0 Å². The first-order chi connectivity index (χ1) is 15.9. The molecule has 2 fully saturated rings. The molecule has 4 rings (SSSR count). The van der Waals surface area contributed by atoms with Gasteiger partial charge in [-0.3, -0.25) is 9.69 Å². The van der Waals surface area contributed by atoms with E-state index in [2.05, 4.69) is 34.5 Å². The van der Waals surface area contributed by atoms with Gasteiger partial charge in [-0.15, -0.1) is 0 Å². The highest BCUT2D eigenvalue weighted by atomic mass is 32.2. The van der Waals surface area contributed by atoms with Crippen molar-refractivity contribution < 1.29 is 17.6 Å². The highest BCUT2D eigenvalue weighted by molar-refractivity contribution is 7.88. The van der Waals surface area contributed by atoms with Gasteiger partial charge >= 0.3 is 0 Å². The van der Waals surface area contributed by atoms with Crippen LogP contribution in [0.15, 0.2) is 48.5 Å². The minimum absolute atomic E-state index is 0.0395. The van der Waals surface area contributed by atoms with E-state index in [1.807, 2.05) is 0 Å². The lowest BCUT2D eigenvalue weighted by atomic mass is 9.97. The molecule has 1 N–H and O–H groups in total. The van der Waals surface area contributed by atoms with Gasteiger partial charge in [-0.25, -0.2) is 17.1 Å². The molecule has 2 saturated heterocycles. The van der Waals surface area contributed by atoms with Gasteiger partial charge in [0.2, 0.25) is 15.9 Å². The minimum Gasteiger partial charge on any atom is -0.352 e. The van der Waals surface area contributed by atoms with E-state index in [-0.39, 0.29) is 36.2 Å². The fourth-order valence-electron chi connectivity index (χ4n) is 4.59. The van der Waals surface area contributed by atoms with E-state index in [9.17, 15) is 17.6 Å². The fraction of sp³-hybridized carbons (Fsp3) is 0.480. The Kier molecular flexibility index (Phi) is 7.78. The summed E-state index contributed by atoms with van der Waals surface area (Å²) in [5, 5.41) is 3.00. The Bertz CT molecular complexity index is 1040. The highest BCUT2D eigenvalue weighted by Crippen LogP contribution is 2.23. The van der Waals surface area contributed by atoms with Gasteiger partial charge in [-0.1, -0.05) is 42.5 Å². The fourth-order valence-corrected chi connectivity index (χ4v) is 6.17. The van der Waals surface area contributed by atoms with E-state index in [0.29, 0.717) is 19.4 Å². The van der Waals surface area contributed by atoms with Crippen LogP contribution in [0, 0.1) is 11.7 Å². The molecule has 0 atom stereocenters. The Hall–Kier alpha value is -2.29. The molecule has 0 radical (unpaired) electrons. The van der Waals surface area contributed by atoms with Crippen molar-refractivity contribution in [3.63, 3.8) is 0 Å². The number of carbonyl (C=O) groups is 1. The van der Waals surface area contributed by atoms with E-state index < -0.39 is 15.8 Å². The predicted molar refractivity (Wildman–Crippen MR) is 126 cm³/mol. The first-order valence-electron chi connectivity index (χ1n) is 11.7.